The van der Waals surface area contributed by atoms with Gasteiger partial charge in [0, 0.05) is 31.4 Å². The molecule has 0 radical (unpaired) electrons. The van der Waals surface area contributed by atoms with Crippen molar-refractivity contribution < 1.29 is 0 Å². The number of imidazole rings is 1. The number of nitrogens with one attached hydrogen (secondary N) is 2. The standard InChI is InChI=1S/C20H22N8/c1-13-6-21-8-17(13)25-19-9-22-10-20(26-19)28-12-23-16-5-14(3-4-18(16)28)15-7-24-27(2)11-15/h3-5,7,9-13,17,21H,6,8H2,1-2H3,(H,25,26)/t13-,17-/m0/s1. The molecule has 28 heavy (non-hydrogen) atoms. The Kier molecular flexibility index (Phi) is 4.05. The van der Waals surface area contributed by atoms with Crippen LogP contribution in [0.5, 0.6) is 0 Å². The Bertz CT molecular complexity index is 1130. The largest absolute Gasteiger partial charge is 0.364 e. The Hall–Kier alpha value is -3.26. The summed E-state index contributed by atoms with van der Waals surface area (Å²) in [5.74, 6) is 2.09. The third-order valence-corrected chi connectivity index (χ3v) is 5.30. The zero-order valence-electron chi connectivity index (χ0n) is 15.9. The average molecular weight is 374 g/mol. The highest BCUT2D eigenvalue weighted by Crippen LogP contribution is 2.25. The molecule has 3 aromatic heterocycles. The number of hydrogen-bond acceptors (Lipinski definition) is 6. The second kappa shape index (κ2) is 6.72. The molecule has 0 aliphatic carbocycles. The number of benzene rings is 1. The molecule has 0 saturated carbocycles. The zero-order chi connectivity index (χ0) is 19.1. The maximum atomic E-state index is 4.76. The average Bonchev–Trinajstić information content (AvgIpc) is 3.42. The Morgan fingerprint density at radius 2 is 2.07 bits per heavy atom. The van der Waals surface area contributed by atoms with Gasteiger partial charge in [0.1, 0.15) is 12.1 Å². The number of nitrogens with zero attached hydrogens (tertiary/aromatic N) is 6. The fraction of sp³-hybridized carbons (Fsp3) is 0.300. The van der Waals surface area contributed by atoms with Gasteiger partial charge in [-0.15, -0.1) is 0 Å². The lowest BCUT2D eigenvalue weighted by Crippen LogP contribution is -2.27. The van der Waals surface area contributed by atoms with Gasteiger partial charge in [-0.25, -0.2) is 9.97 Å². The molecule has 0 spiro atoms. The molecule has 4 aromatic rings. The molecule has 8 heteroatoms. The van der Waals surface area contributed by atoms with Crippen LogP contribution in [0.1, 0.15) is 6.92 Å². The maximum absolute atomic E-state index is 4.76. The van der Waals surface area contributed by atoms with Gasteiger partial charge < -0.3 is 10.6 Å². The van der Waals surface area contributed by atoms with Crippen LogP contribution in [-0.4, -0.2) is 48.4 Å². The van der Waals surface area contributed by atoms with Gasteiger partial charge in [-0.3, -0.25) is 14.2 Å². The van der Waals surface area contributed by atoms with Crippen LogP contribution in [0.3, 0.4) is 0 Å². The summed E-state index contributed by atoms with van der Waals surface area (Å²) >= 11 is 0. The fourth-order valence-corrected chi connectivity index (χ4v) is 3.68. The molecule has 142 valence electrons. The van der Waals surface area contributed by atoms with E-state index in [9.17, 15) is 0 Å². The summed E-state index contributed by atoms with van der Waals surface area (Å²) in [6.07, 6.45) is 9.19. The molecule has 1 aromatic carbocycles. The lowest BCUT2D eigenvalue weighted by molar-refractivity contribution is 0.593. The van der Waals surface area contributed by atoms with E-state index in [1.807, 2.05) is 24.0 Å². The van der Waals surface area contributed by atoms with E-state index >= 15 is 0 Å². The van der Waals surface area contributed by atoms with Crippen molar-refractivity contribution in [3.8, 4) is 16.9 Å². The molecular weight excluding hydrogens is 352 g/mol. The summed E-state index contributed by atoms with van der Waals surface area (Å²) in [4.78, 5) is 13.7. The SMILES string of the molecule is C[C@H]1CNC[C@@H]1Nc1cncc(-n2cnc3cc(-c4cnn(C)c4)ccc32)n1. The fourth-order valence-electron chi connectivity index (χ4n) is 3.68. The van der Waals surface area contributed by atoms with Crippen LogP contribution in [-0.2, 0) is 7.05 Å². The van der Waals surface area contributed by atoms with Crippen molar-refractivity contribution in [1.29, 1.82) is 0 Å². The summed E-state index contributed by atoms with van der Waals surface area (Å²) in [7, 11) is 1.92. The minimum Gasteiger partial charge on any atom is -0.364 e. The van der Waals surface area contributed by atoms with Crippen molar-refractivity contribution in [2.75, 3.05) is 18.4 Å². The molecule has 2 N–H and O–H groups in total. The molecule has 1 fully saturated rings. The summed E-state index contributed by atoms with van der Waals surface area (Å²) < 4.78 is 3.77. The van der Waals surface area contributed by atoms with Crippen LogP contribution < -0.4 is 10.6 Å². The second-order valence-electron chi connectivity index (χ2n) is 7.37. The van der Waals surface area contributed by atoms with Gasteiger partial charge in [0.25, 0.3) is 0 Å². The first-order valence-electron chi connectivity index (χ1n) is 9.43. The van der Waals surface area contributed by atoms with Crippen LogP contribution in [0.2, 0.25) is 0 Å². The number of aryl methyl sites for hydroxylation is 1. The van der Waals surface area contributed by atoms with E-state index < -0.39 is 0 Å². The predicted octanol–water partition coefficient (Wildman–Crippen LogP) is 2.24. The minimum atomic E-state index is 0.367. The molecule has 5 rings (SSSR count). The second-order valence-corrected chi connectivity index (χ2v) is 7.37. The molecule has 1 aliphatic heterocycles. The zero-order valence-corrected chi connectivity index (χ0v) is 15.9. The van der Waals surface area contributed by atoms with E-state index in [2.05, 4.69) is 50.8 Å². The van der Waals surface area contributed by atoms with Crippen LogP contribution in [0.25, 0.3) is 28.0 Å². The van der Waals surface area contributed by atoms with E-state index in [1.54, 1.807) is 23.4 Å². The molecule has 2 atom stereocenters. The molecule has 1 aliphatic rings. The van der Waals surface area contributed by atoms with Crippen molar-refractivity contribution >= 4 is 16.9 Å². The molecule has 4 heterocycles. The maximum Gasteiger partial charge on any atom is 0.159 e. The van der Waals surface area contributed by atoms with E-state index in [0.717, 1.165) is 46.9 Å². The molecule has 0 bridgehead atoms. The predicted molar refractivity (Wildman–Crippen MR) is 108 cm³/mol. The van der Waals surface area contributed by atoms with Crippen molar-refractivity contribution in [3.63, 3.8) is 0 Å². The smallest absolute Gasteiger partial charge is 0.159 e. The van der Waals surface area contributed by atoms with Crippen LogP contribution in [0, 0.1) is 5.92 Å². The number of fused-ring (bicyclic) bond motifs is 1. The number of hydrogen-bond donors (Lipinski definition) is 2. The summed E-state index contributed by atoms with van der Waals surface area (Å²) in [6, 6.07) is 6.59. The highest BCUT2D eigenvalue weighted by molar-refractivity contribution is 5.83. The first-order valence-corrected chi connectivity index (χ1v) is 9.43. The van der Waals surface area contributed by atoms with E-state index in [1.165, 1.54) is 0 Å². The van der Waals surface area contributed by atoms with Crippen molar-refractivity contribution in [3.05, 3.63) is 49.3 Å². The Balaban J connectivity index is 1.47. The van der Waals surface area contributed by atoms with Gasteiger partial charge in [0.05, 0.1) is 29.6 Å². The third-order valence-electron chi connectivity index (χ3n) is 5.30. The van der Waals surface area contributed by atoms with Gasteiger partial charge in [-0.05, 0) is 30.2 Å². The highest BCUT2D eigenvalue weighted by atomic mass is 15.2. The molecule has 1 saturated heterocycles. The quantitative estimate of drug-likeness (QED) is 0.570. The minimum absolute atomic E-state index is 0.367. The normalized spacial score (nSPS) is 19.4. The van der Waals surface area contributed by atoms with Crippen molar-refractivity contribution in [1.82, 2.24) is 34.6 Å². The Labute approximate surface area is 162 Å². The van der Waals surface area contributed by atoms with Gasteiger partial charge in [-0.1, -0.05) is 13.0 Å². The molecule has 0 unspecified atom stereocenters. The van der Waals surface area contributed by atoms with Gasteiger partial charge in [0.15, 0.2) is 5.82 Å². The molecule has 0 amide bonds. The van der Waals surface area contributed by atoms with Gasteiger partial charge >= 0.3 is 0 Å². The lowest BCUT2D eigenvalue weighted by atomic mass is 10.1. The van der Waals surface area contributed by atoms with E-state index in [0.29, 0.717) is 12.0 Å². The highest BCUT2D eigenvalue weighted by Gasteiger charge is 2.23. The van der Waals surface area contributed by atoms with Crippen molar-refractivity contribution in [2.24, 2.45) is 13.0 Å². The van der Waals surface area contributed by atoms with Crippen LogP contribution in [0.4, 0.5) is 5.82 Å². The van der Waals surface area contributed by atoms with Crippen LogP contribution >= 0.6 is 0 Å². The summed E-state index contributed by atoms with van der Waals surface area (Å²) in [5, 5.41) is 11.1. The van der Waals surface area contributed by atoms with Gasteiger partial charge in [-0.2, -0.15) is 5.10 Å². The molecular formula is C20H22N8. The van der Waals surface area contributed by atoms with E-state index in [-0.39, 0.29) is 0 Å². The van der Waals surface area contributed by atoms with Crippen molar-refractivity contribution in [2.45, 2.75) is 13.0 Å². The first-order chi connectivity index (χ1) is 13.7. The lowest BCUT2D eigenvalue weighted by Gasteiger charge is -2.17. The monoisotopic (exact) mass is 374 g/mol. The number of rotatable bonds is 4. The van der Waals surface area contributed by atoms with Gasteiger partial charge in [0.2, 0.25) is 0 Å². The third kappa shape index (κ3) is 3.01. The number of aromatic nitrogens is 6. The summed E-state index contributed by atoms with van der Waals surface area (Å²) in [6.45, 7) is 4.20. The number of anilines is 1. The Morgan fingerprint density at radius 3 is 2.86 bits per heavy atom. The topological polar surface area (TPSA) is 85.5 Å². The van der Waals surface area contributed by atoms with Crippen LogP contribution in [0.15, 0.2) is 49.3 Å². The molecule has 8 nitrogen and oxygen atoms in total. The van der Waals surface area contributed by atoms with E-state index in [4.69, 9.17) is 4.98 Å². The first kappa shape index (κ1) is 16.9. The summed E-state index contributed by atoms with van der Waals surface area (Å²) in [5.41, 5.74) is 4.07. The Morgan fingerprint density at radius 1 is 1.14 bits per heavy atom.